The molecule has 1 aliphatic heterocycles. The molecule has 8 heteroatoms. The second kappa shape index (κ2) is 7.79. The zero-order valence-electron chi connectivity index (χ0n) is 14.5. The first-order chi connectivity index (χ1) is 12.9. The summed E-state index contributed by atoms with van der Waals surface area (Å²) in [4.78, 5) is 48.8. The quantitative estimate of drug-likeness (QED) is 0.734. The monoisotopic (exact) mass is 386 g/mol. The van der Waals surface area contributed by atoms with Gasteiger partial charge in [0, 0.05) is 24.5 Å². The maximum absolute atomic E-state index is 12.8. The van der Waals surface area contributed by atoms with E-state index in [1.807, 2.05) is 30.3 Å². The standard InChI is InChI=1S/C19H18N2O5S/c1-11(22)20-14(19(25)26)10-27-16-9-17(23)21(18(16)24)15-8-4-6-12-5-2-3-7-13(12)15/h2-8,14,16H,9-10H2,1H3,(H,20,22)(H,25,26). The van der Waals surface area contributed by atoms with Gasteiger partial charge in [-0.2, -0.15) is 0 Å². The van der Waals surface area contributed by atoms with Crippen molar-refractivity contribution < 1.29 is 24.3 Å². The van der Waals surface area contributed by atoms with Crippen molar-refractivity contribution in [3.8, 4) is 0 Å². The maximum atomic E-state index is 12.8. The fraction of sp³-hybridized carbons (Fsp3) is 0.263. The summed E-state index contributed by atoms with van der Waals surface area (Å²) in [6.45, 7) is 1.23. The summed E-state index contributed by atoms with van der Waals surface area (Å²) in [5, 5.41) is 12.5. The summed E-state index contributed by atoms with van der Waals surface area (Å²) in [7, 11) is 0. The summed E-state index contributed by atoms with van der Waals surface area (Å²) in [6.07, 6.45) is -0.000861. The van der Waals surface area contributed by atoms with Gasteiger partial charge >= 0.3 is 5.97 Å². The Morgan fingerprint density at radius 1 is 1.22 bits per heavy atom. The SMILES string of the molecule is CC(=O)NC(CSC1CC(=O)N(c2cccc3ccccc23)C1=O)C(=O)O. The minimum atomic E-state index is -1.18. The highest BCUT2D eigenvalue weighted by Crippen LogP contribution is 2.34. The molecule has 0 aromatic heterocycles. The molecule has 1 fully saturated rings. The fourth-order valence-corrected chi connectivity index (χ4v) is 4.18. The third-order valence-corrected chi connectivity index (χ3v) is 5.55. The second-order valence-electron chi connectivity index (χ2n) is 6.18. The molecule has 2 N–H and O–H groups in total. The molecule has 1 heterocycles. The fourth-order valence-electron chi connectivity index (χ4n) is 3.02. The Morgan fingerprint density at radius 3 is 2.63 bits per heavy atom. The van der Waals surface area contributed by atoms with Crippen LogP contribution in [0.4, 0.5) is 5.69 Å². The van der Waals surface area contributed by atoms with Crippen LogP contribution in [0.2, 0.25) is 0 Å². The zero-order valence-corrected chi connectivity index (χ0v) is 15.4. The number of hydrogen-bond acceptors (Lipinski definition) is 5. The summed E-state index contributed by atoms with van der Waals surface area (Å²) in [5.74, 6) is -2.33. The van der Waals surface area contributed by atoms with Gasteiger partial charge in [0.2, 0.25) is 17.7 Å². The Balaban J connectivity index is 1.79. The van der Waals surface area contributed by atoms with E-state index in [9.17, 15) is 24.3 Å². The molecule has 0 spiro atoms. The van der Waals surface area contributed by atoms with Gasteiger partial charge in [-0.25, -0.2) is 9.69 Å². The lowest BCUT2D eigenvalue weighted by Crippen LogP contribution is -2.42. The number of anilines is 1. The van der Waals surface area contributed by atoms with Crippen LogP contribution in [0.3, 0.4) is 0 Å². The number of carbonyl (C=O) groups is 4. The van der Waals surface area contributed by atoms with Crippen molar-refractivity contribution in [2.45, 2.75) is 24.6 Å². The van der Waals surface area contributed by atoms with Gasteiger partial charge in [0.15, 0.2) is 0 Å². The van der Waals surface area contributed by atoms with E-state index in [0.29, 0.717) is 5.69 Å². The Kier molecular flexibility index (Phi) is 5.46. The van der Waals surface area contributed by atoms with Crippen LogP contribution < -0.4 is 10.2 Å². The van der Waals surface area contributed by atoms with E-state index in [4.69, 9.17) is 0 Å². The third-order valence-electron chi connectivity index (χ3n) is 4.25. The Hall–Kier alpha value is -2.87. The van der Waals surface area contributed by atoms with Crippen molar-refractivity contribution in [1.29, 1.82) is 0 Å². The highest BCUT2D eigenvalue weighted by Gasteiger charge is 2.41. The Morgan fingerprint density at radius 2 is 1.93 bits per heavy atom. The van der Waals surface area contributed by atoms with Crippen molar-refractivity contribution in [1.82, 2.24) is 5.32 Å². The number of hydrogen-bond donors (Lipinski definition) is 2. The van der Waals surface area contributed by atoms with Crippen LogP contribution in [0.15, 0.2) is 42.5 Å². The molecule has 140 valence electrons. The minimum Gasteiger partial charge on any atom is -0.480 e. The first-order valence-corrected chi connectivity index (χ1v) is 9.39. The van der Waals surface area contributed by atoms with Gasteiger partial charge < -0.3 is 10.4 Å². The molecule has 2 atom stereocenters. The molecule has 7 nitrogen and oxygen atoms in total. The van der Waals surface area contributed by atoms with E-state index in [1.54, 1.807) is 12.1 Å². The van der Waals surface area contributed by atoms with E-state index in [-0.39, 0.29) is 24.0 Å². The number of carboxylic acids is 1. The predicted octanol–water partition coefficient (Wildman–Crippen LogP) is 1.79. The zero-order chi connectivity index (χ0) is 19.6. The largest absolute Gasteiger partial charge is 0.480 e. The molecule has 0 aliphatic carbocycles. The third kappa shape index (κ3) is 3.95. The average Bonchev–Trinajstić information content (AvgIpc) is 2.91. The van der Waals surface area contributed by atoms with Crippen molar-refractivity contribution in [2.24, 2.45) is 0 Å². The number of fused-ring (bicyclic) bond motifs is 1. The summed E-state index contributed by atoms with van der Waals surface area (Å²) in [5.41, 5.74) is 0.530. The van der Waals surface area contributed by atoms with E-state index in [2.05, 4.69) is 5.32 Å². The van der Waals surface area contributed by atoms with Crippen molar-refractivity contribution in [3.63, 3.8) is 0 Å². The Bertz CT molecular complexity index is 924. The van der Waals surface area contributed by atoms with Crippen molar-refractivity contribution in [2.75, 3.05) is 10.7 Å². The molecule has 2 aromatic rings. The van der Waals surface area contributed by atoms with E-state index in [0.717, 1.165) is 22.5 Å². The average molecular weight is 386 g/mol. The van der Waals surface area contributed by atoms with Crippen LogP contribution in [0.5, 0.6) is 0 Å². The van der Waals surface area contributed by atoms with Gasteiger partial charge in [-0.3, -0.25) is 14.4 Å². The molecular weight excluding hydrogens is 368 g/mol. The molecule has 2 aromatic carbocycles. The predicted molar refractivity (Wildman–Crippen MR) is 103 cm³/mol. The summed E-state index contributed by atoms with van der Waals surface area (Å²) in [6, 6.07) is 11.8. The number of carbonyl (C=O) groups excluding carboxylic acids is 3. The molecule has 2 unspecified atom stereocenters. The van der Waals surface area contributed by atoms with Crippen LogP contribution in [-0.2, 0) is 19.2 Å². The van der Waals surface area contributed by atoms with E-state index < -0.39 is 23.2 Å². The van der Waals surface area contributed by atoms with Crippen molar-refractivity contribution >= 4 is 51.9 Å². The van der Waals surface area contributed by atoms with E-state index >= 15 is 0 Å². The van der Waals surface area contributed by atoms with Gasteiger partial charge in [-0.05, 0) is 11.5 Å². The van der Waals surface area contributed by atoms with Crippen molar-refractivity contribution in [3.05, 3.63) is 42.5 Å². The molecule has 27 heavy (non-hydrogen) atoms. The van der Waals surface area contributed by atoms with Gasteiger partial charge in [-0.15, -0.1) is 11.8 Å². The number of imide groups is 1. The lowest BCUT2D eigenvalue weighted by Gasteiger charge is -2.18. The molecule has 1 aliphatic rings. The van der Waals surface area contributed by atoms with Crippen LogP contribution in [-0.4, -0.2) is 45.8 Å². The second-order valence-corrected chi connectivity index (χ2v) is 7.42. The molecule has 3 amide bonds. The number of rotatable bonds is 6. The molecule has 0 radical (unpaired) electrons. The number of amides is 3. The van der Waals surface area contributed by atoms with Crippen LogP contribution in [0.25, 0.3) is 10.8 Å². The van der Waals surface area contributed by atoms with Crippen LogP contribution >= 0.6 is 11.8 Å². The molecule has 1 saturated heterocycles. The van der Waals surface area contributed by atoms with E-state index in [1.165, 1.54) is 11.8 Å². The molecule has 3 rings (SSSR count). The lowest BCUT2D eigenvalue weighted by atomic mass is 10.1. The van der Waals surface area contributed by atoms with Gasteiger partial charge in [0.05, 0.1) is 10.9 Å². The first kappa shape index (κ1) is 18.9. The Labute approximate surface area is 159 Å². The first-order valence-electron chi connectivity index (χ1n) is 8.34. The van der Waals surface area contributed by atoms with Crippen LogP contribution in [0.1, 0.15) is 13.3 Å². The molecule has 0 saturated carbocycles. The number of benzene rings is 2. The number of aliphatic carboxylic acids is 1. The minimum absolute atomic E-state index is 0.000861. The number of nitrogens with one attached hydrogen (secondary N) is 1. The number of nitrogens with zero attached hydrogens (tertiary/aromatic N) is 1. The van der Waals surface area contributed by atoms with Gasteiger partial charge in [0.25, 0.3) is 0 Å². The highest BCUT2D eigenvalue weighted by molar-refractivity contribution is 8.00. The number of carboxylic acid groups (broad SMARTS) is 1. The highest BCUT2D eigenvalue weighted by atomic mass is 32.2. The molecule has 0 bridgehead atoms. The number of thioether (sulfide) groups is 1. The summed E-state index contributed by atoms with van der Waals surface area (Å²) < 4.78 is 0. The van der Waals surface area contributed by atoms with Gasteiger partial charge in [-0.1, -0.05) is 36.4 Å². The lowest BCUT2D eigenvalue weighted by molar-refractivity contribution is -0.140. The topological polar surface area (TPSA) is 104 Å². The summed E-state index contributed by atoms with van der Waals surface area (Å²) >= 11 is 1.07. The maximum Gasteiger partial charge on any atom is 0.327 e. The molecular formula is C19H18N2O5S. The van der Waals surface area contributed by atoms with Crippen LogP contribution in [0, 0.1) is 0 Å². The normalized spacial score (nSPS) is 18.0. The smallest absolute Gasteiger partial charge is 0.327 e. The van der Waals surface area contributed by atoms with Gasteiger partial charge in [0.1, 0.15) is 6.04 Å².